The van der Waals surface area contributed by atoms with Crippen molar-refractivity contribution in [2.24, 2.45) is 5.73 Å². The van der Waals surface area contributed by atoms with Crippen molar-refractivity contribution < 1.29 is 10.1 Å². The smallest absolute Gasteiger partial charge is 0.275 e. The molecule has 0 saturated carbocycles. The van der Waals surface area contributed by atoms with Crippen LogP contribution in [0.4, 0.5) is 11.6 Å². The third-order valence-corrected chi connectivity index (χ3v) is 5.15. The molecule has 3 aromatic rings. The van der Waals surface area contributed by atoms with Crippen LogP contribution < -0.4 is 26.5 Å². The summed E-state index contributed by atoms with van der Waals surface area (Å²) in [5, 5.41) is 5.95. The Labute approximate surface area is 170 Å². The van der Waals surface area contributed by atoms with Crippen LogP contribution in [0.3, 0.4) is 0 Å². The number of nitrogen functional groups attached to an aromatic ring is 1. The molecular weight excluding hydrogens is 362 g/mol. The highest BCUT2D eigenvalue weighted by Crippen LogP contribution is 2.33. The highest BCUT2D eigenvalue weighted by molar-refractivity contribution is 6.04. The van der Waals surface area contributed by atoms with E-state index in [9.17, 15) is 0 Å². The summed E-state index contributed by atoms with van der Waals surface area (Å²) in [6.45, 7) is 1.97. The van der Waals surface area contributed by atoms with Gasteiger partial charge in [0, 0.05) is 18.7 Å². The number of aromatic nitrogens is 1. The predicted molar refractivity (Wildman–Crippen MR) is 117 cm³/mol. The number of anilines is 2. The normalized spacial score (nSPS) is 13.9. The number of hydrogen-bond donors (Lipinski definition) is 3. The van der Waals surface area contributed by atoms with Crippen LogP contribution >= 0.6 is 0 Å². The Morgan fingerprint density at radius 3 is 2.24 bits per heavy atom. The monoisotopic (exact) mass is 388 g/mol. The van der Waals surface area contributed by atoms with Gasteiger partial charge in [0.25, 0.3) is 5.84 Å². The molecule has 2 aromatic carbocycles. The van der Waals surface area contributed by atoms with Crippen molar-refractivity contribution in [2.45, 2.75) is 19.3 Å². The summed E-state index contributed by atoms with van der Waals surface area (Å²) in [7, 11) is 0. The first-order valence-electron chi connectivity index (χ1n) is 9.89. The number of nitrogens with two attached hydrogens (primary N) is 3. The molecule has 0 atom stereocenters. The minimum absolute atomic E-state index is 0.166. The quantitative estimate of drug-likeness (QED) is 0.460. The Bertz CT molecular complexity index is 996. The fraction of sp³-hybridized carbons (Fsp3) is 0.217. The number of pyridine rings is 1. The van der Waals surface area contributed by atoms with Crippen molar-refractivity contribution in [1.29, 1.82) is 0 Å². The van der Waals surface area contributed by atoms with E-state index in [2.05, 4.69) is 9.88 Å². The first-order chi connectivity index (χ1) is 14.1. The molecule has 1 fully saturated rings. The molecule has 2 heterocycles. The van der Waals surface area contributed by atoms with Crippen LogP contribution in [0.1, 0.15) is 24.8 Å². The van der Waals surface area contributed by atoms with E-state index in [0.717, 1.165) is 54.4 Å². The van der Waals surface area contributed by atoms with Crippen molar-refractivity contribution >= 4 is 17.5 Å². The van der Waals surface area contributed by atoms with Gasteiger partial charge < -0.3 is 15.4 Å². The average molecular weight is 388 g/mol. The van der Waals surface area contributed by atoms with Gasteiger partial charge in [0.15, 0.2) is 0 Å². The summed E-state index contributed by atoms with van der Waals surface area (Å²) in [6.07, 6.45) is 3.58. The van der Waals surface area contributed by atoms with Gasteiger partial charge >= 0.3 is 0 Å². The molecule has 0 radical (unpaired) electrons. The number of hydrogen-bond acceptors (Lipinski definition) is 4. The van der Waals surface area contributed by atoms with Crippen molar-refractivity contribution in [3.63, 3.8) is 0 Å². The molecule has 29 heavy (non-hydrogen) atoms. The van der Waals surface area contributed by atoms with E-state index in [1.54, 1.807) is 0 Å². The van der Waals surface area contributed by atoms with Gasteiger partial charge in [0.2, 0.25) is 0 Å². The fourth-order valence-electron chi connectivity index (χ4n) is 3.69. The second-order valence-corrected chi connectivity index (χ2v) is 7.23. The SMILES string of the molecule is NC(=[NH2+])c1c(-c2ccc(Oc3ccccc3)cc2)cc(N2CCCCC2)nc1N. The van der Waals surface area contributed by atoms with Crippen LogP contribution in [0, 0.1) is 0 Å². The lowest BCUT2D eigenvalue weighted by molar-refractivity contribution is -0.114. The molecule has 148 valence electrons. The first kappa shape index (κ1) is 18.8. The lowest BCUT2D eigenvalue weighted by Crippen LogP contribution is -2.47. The lowest BCUT2D eigenvalue weighted by atomic mass is 9.99. The van der Waals surface area contributed by atoms with Crippen molar-refractivity contribution in [3.05, 3.63) is 66.2 Å². The third kappa shape index (κ3) is 4.16. The van der Waals surface area contributed by atoms with Crippen molar-refractivity contribution in [1.82, 2.24) is 4.98 Å². The van der Waals surface area contributed by atoms with Crippen LogP contribution in [0.25, 0.3) is 11.1 Å². The highest BCUT2D eigenvalue weighted by atomic mass is 16.5. The Morgan fingerprint density at radius 2 is 1.59 bits per heavy atom. The maximum Gasteiger partial charge on any atom is 0.275 e. The molecule has 0 aliphatic carbocycles. The van der Waals surface area contributed by atoms with Gasteiger partial charge in [-0.25, -0.2) is 4.98 Å². The summed E-state index contributed by atoms with van der Waals surface area (Å²) in [5.74, 6) is 2.94. The third-order valence-electron chi connectivity index (χ3n) is 5.15. The number of nitrogens with zero attached hydrogens (tertiary/aromatic N) is 2. The van der Waals surface area contributed by atoms with Gasteiger partial charge in [-0.05, 0) is 55.2 Å². The number of piperidine rings is 1. The van der Waals surface area contributed by atoms with E-state index < -0.39 is 0 Å². The summed E-state index contributed by atoms with van der Waals surface area (Å²) < 4.78 is 5.89. The van der Waals surface area contributed by atoms with Crippen LogP contribution in [-0.4, -0.2) is 23.9 Å². The van der Waals surface area contributed by atoms with E-state index >= 15 is 0 Å². The maximum atomic E-state index is 6.26. The summed E-state index contributed by atoms with van der Waals surface area (Å²) in [5.41, 5.74) is 14.6. The second-order valence-electron chi connectivity index (χ2n) is 7.23. The van der Waals surface area contributed by atoms with Crippen molar-refractivity contribution in [3.8, 4) is 22.6 Å². The van der Waals surface area contributed by atoms with Gasteiger partial charge in [0.05, 0.1) is 0 Å². The summed E-state index contributed by atoms with van der Waals surface area (Å²) >= 11 is 0. The van der Waals surface area contributed by atoms with E-state index in [-0.39, 0.29) is 5.84 Å². The number of benzene rings is 2. The minimum atomic E-state index is 0.166. The summed E-state index contributed by atoms with van der Waals surface area (Å²) in [4.78, 5) is 6.85. The van der Waals surface area contributed by atoms with Crippen molar-refractivity contribution in [2.75, 3.05) is 23.7 Å². The number of para-hydroxylation sites is 1. The zero-order valence-electron chi connectivity index (χ0n) is 16.3. The molecule has 1 aliphatic heterocycles. The zero-order chi connectivity index (χ0) is 20.2. The average Bonchev–Trinajstić information content (AvgIpc) is 2.75. The van der Waals surface area contributed by atoms with Gasteiger partial charge in [0.1, 0.15) is 28.7 Å². The maximum absolute atomic E-state index is 6.26. The molecule has 0 bridgehead atoms. The van der Waals surface area contributed by atoms with Gasteiger partial charge in [-0.2, -0.15) is 0 Å². The lowest BCUT2D eigenvalue weighted by Gasteiger charge is -2.28. The van der Waals surface area contributed by atoms with E-state index in [1.165, 1.54) is 6.42 Å². The van der Waals surface area contributed by atoms with Crippen LogP contribution in [0.5, 0.6) is 11.5 Å². The highest BCUT2D eigenvalue weighted by Gasteiger charge is 2.21. The van der Waals surface area contributed by atoms with Crippen LogP contribution in [0.2, 0.25) is 0 Å². The standard InChI is InChI=1S/C23H25N5O/c24-22(25)21-19(15-20(27-23(21)26)28-13-5-2-6-14-28)16-9-11-18(12-10-16)29-17-7-3-1-4-8-17/h1,3-4,7-12,15H,2,5-6,13-14H2,(H3,24,25)(H2,26,27)/p+1. The predicted octanol–water partition coefficient (Wildman–Crippen LogP) is 2.58. The fourth-order valence-corrected chi connectivity index (χ4v) is 3.69. The molecule has 0 unspecified atom stereocenters. The zero-order valence-corrected chi connectivity index (χ0v) is 16.3. The van der Waals surface area contributed by atoms with Crippen LogP contribution in [-0.2, 0) is 0 Å². The molecule has 1 saturated heterocycles. The molecular formula is C23H26N5O+. The van der Waals surface area contributed by atoms with E-state index in [0.29, 0.717) is 11.4 Å². The Morgan fingerprint density at radius 1 is 0.931 bits per heavy atom. The van der Waals surface area contributed by atoms with Crippen LogP contribution in [0.15, 0.2) is 60.7 Å². The summed E-state index contributed by atoms with van der Waals surface area (Å²) in [6, 6.07) is 19.5. The van der Waals surface area contributed by atoms with E-state index in [1.807, 2.05) is 60.7 Å². The molecule has 4 rings (SSSR count). The van der Waals surface area contributed by atoms with Gasteiger partial charge in [-0.1, -0.05) is 30.3 Å². The molecule has 6 nitrogen and oxygen atoms in total. The first-order valence-corrected chi connectivity index (χ1v) is 9.89. The number of amidine groups is 1. The second kappa shape index (κ2) is 8.22. The molecule has 1 aliphatic rings. The van der Waals surface area contributed by atoms with Gasteiger partial charge in [-0.3, -0.25) is 11.1 Å². The number of rotatable bonds is 5. The van der Waals surface area contributed by atoms with Gasteiger partial charge in [-0.15, -0.1) is 0 Å². The minimum Gasteiger partial charge on any atom is -0.457 e. The van der Waals surface area contributed by atoms with E-state index in [4.69, 9.17) is 21.6 Å². The number of ether oxygens (including phenoxy) is 1. The topological polar surface area (TPSA) is 103 Å². The molecule has 0 amide bonds. The molecule has 6 N–H and O–H groups in total. The Kier molecular flexibility index (Phi) is 5.33. The molecule has 6 heteroatoms. The molecule has 1 aromatic heterocycles. The molecule has 0 spiro atoms. The Hall–Kier alpha value is -3.54. The largest absolute Gasteiger partial charge is 0.457 e. The Balaban J connectivity index is 1.68.